The Morgan fingerprint density at radius 2 is 1.93 bits per heavy atom. The SMILES string of the molecule is COCOC1CC[C@@]2(C)C(=CC[C@@H]3[C@@H]2CC[C@@]2(C)[C@H]3CC[C@]2(O)CCC(=O)O)C1. The van der Waals surface area contributed by atoms with Crippen molar-refractivity contribution in [3.8, 4) is 0 Å². The van der Waals surface area contributed by atoms with E-state index in [1.165, 1.54) is 6.42 Å². The smallest absolute Gasteiger partial charge is 0.303 e. The number of hydrogen-bond acceptors (Lipinski definition) is 4. The van der Waals surface area contributed by atoms with Crippen LogP contribution in [0.2, 0.25) is 0 Å². The predicted molar refractivity (Wildman–Crippen MR) is 110 cm³/mol. The van der Waals surface area contributed by atoms with E-state index in [4.69, 9.17) is 14.6 Å². The fraction of sp³-hybridized carbons (Fsp3) is 0.875. The molecule has 0 radical (unpaired) electrons. The number of carboxylic acid groups (broad SMARTS) is 1. The highest BCUT2D eigenvalue weighted by Gasteiger charge is 2.63. The van der Waals surface area contributed by atoms with E-state index in [0.29, 0.717) is 31.0 Å². The number of carbonyl (C=O) groups is 1. The van der Waals surface area contributed by atoms with Crippen LogP contribution in [0.25, 0.3) is 0 Å². The van der Waals surface area contributed by atoms with Crippen molar-refractivity contribution in [3.63, 3.8) is 0 Å². The van der Waals surface area contributed by atoms with Crippen LogP contribution in [-0.2, 0) is 14.3 Å². The molecule has 4 aliphatic rings. The predicted octanol–water partition coefficient (Wildman–Crippen LogP) is 4.53. The molecule has 0 saturated heterocycles. The number of fused-ring (bicyclic) bond motifs is 5. The van der Waals surface area contributed by atoms with Gasteiger partial charge in [0.25, 0.3) is 0 Å². The van der Waals surface area contributed by atoms with Gasteiger partial charge in [-0.2, -0.15) is 0 Å². The minimum absolute atomic E-state index is 0.0670. The van der Waals surface area contributed by atoms with Crippen LogP contribution in [0.3, 0.4) is 0 Å². The molecule has 7 atom stereocenters. The molecular formula is C24H38O5. The number of rotatable bonds is 6. The summed E-state index contributed by atoms with van der Waals surface area (Å²) in [6.45, 7) is 5.09. The second-order valence-corrected chi connectivity index (χ2v) is 10.6. The molecule has 1 unspecified atom stereocenters. The molecule has 29 heavy (non-hydrogen) atoms. The van der Waals surface area contributed by atoms with E-state index < -0.39 is 11.6 Å². The zero-order valence-corrected chi connectivity index (χ0v) is 18.3. The second-order valence-electron chi connectivity index (χ2n) is 10.6. The van der Waals surface area contributed by atoms with Crippen LogP contribution in [0.5, 0.6) is 0 Å². The third-order valence-electron chi connectivity index (χ3n) is 9.55. The Hall–Kier alpha value is -0.910. The third kappa shape index (κ3) is 3.37. The third-order valence-corrected chi connectivity index (χ3v) is 9.55. The minimum Gasteiger partial charge on any atom is -0.481 e. The molecule has 5 nitrogen and oxygen atoms in total. The molecule has 0 bridgehead atoms. The summed E-state index contributed by atoms with van der Waals surface area (Å²) in [6.07, 6.45) is 11.5. The van der Waals surface area contributed by atoms with Gasteiger partial charge in [-0.1, -0.05) is 25.5 Å². The van der Waals surface area contributed by atoms with Gasteiger partial charge in [0, 0.05) is 13.5 Å². The summed E-state index contributed by atoms with van der Waals surface area (Å²) >= 11 is 0. The lowest BCUT2D eigenvalue weighted by Gasteiger charge is -2.59. The molecule has 3 fully saturated rings. The van der Waals surface area contributed by atoms with Crippen molar-refractivity contribution in [3.05, 3.63) is 11.6 Å². The summed E-state index contributed by atoms with van der Waals surface area (Å²) in [5.74, 6) is 0.977. The van der Waals surface area contributed by atoms with Gasteiger partial charge in [0.15, 0.2) is 0 Å². The summed E-state index contributed by atoms with van der Waals surface area (Å²) in [6, 6.07) is 0. The Balaban J connectivity index is 1.53. The molecule has 0 amide bonds. The van der Waals surface area contributed by atoms with Crippen molar-refractivity contribution in [1.82, 2.24) is 0 Å². The quantitative estimate of drug-likeness (QED) is 0.500. The molecule has 3 saturated carbocycles. The van der Waals surface area contributed by atoms with Gasteiger partial charge in [0.2, 0.25) is 0 Å². The highest BCUT2D eigenvalue weighted by Crippen LogP contribution is 2.67. The van der Waals surface area contributed by atoms with E-state index in [0.717, 1.165) is 44.9 Å². The molecular weight excluding hydrogens is 368 g/mol. The van der Waals surface area contributed by atoms with Gasteiger partial charge in [-0.15, -0.1) is 0 Å². The highest BCUT2D eigenvalue weighted by atomic mass is 16.7. The lowest BCUT2D eigenvalue weighted by Crippen LogP contribution is -2.54. The highest BCUT2D eigenvalue weighted by molar-refractivity contribution is 5.66. The first-order valence-corrected chi connectivity index (χ1v) is 11.5. The number of ether oxygens (including phenoxy) is 2. The van der Waals surface area contributed by atoms with Crippen LogP contribution in [0, 0.1) is 28.6 Å². The molecule has 4 rings (SSSR count). The number of allylic oxidation sites excluding steroid dienone is 1. The normalized spacial score (nSPS) is 46.4. The van der Waals surface area contributed by atoms with Crippen molar-refractivity contribution in [2.75, 3.05) is 13.9 Å². The second kappa shape index (κ2) is 7.65. The first-order valence-electron chi connectivity index (χ1n) is 11.5. The number of hydrogen-bond donors (Lipinski definition) is 2. The molecule has 0 spiro atoms. The average Bonchev–Trinajstić information content (AvgIpc) is 2.96. The van der Waals surface area contributed by atoms with Crippen molar-refractivity contribution < 1.29 is 24.5 Å². The van der Waals surface area contributed by atoms with E-state index in [1.54, 1.807) is 12.7 Å². The van der Waals surface area contributed by atoms with E-state index in [1.807, 2.05) is 0 Å². The first-order chi connectivity index (χ1) is 13.7. The summed E-state index contributed by atoms with van der Waals surface area (Å²) in [4.78, 5) is 11.1. The zero-order valence-electron chi connectivity index (χ0n) is 18.3. The zero-order chi connectivity index (χ0) is 20.9. The van der Waals surface area contributed by atoms with E-state index >= 15 is 0 Å². The lowest BCUT2D eigenvalue weighted by atomic mass is 9.47. The van der Waals surface area contributed by atoms with Crippen molar-refractivity contribution >= 4 is 5.97 Å². The molecule has 0 aliphatic heterocycles. The summed E-state index contributed by atoms with van der Waals surface area (Å²) in [7, 11) is 1.68. The Bertz CT molecular complexity index is 674. The summed E-state index contributed by atoms with van der Waals surface area (Å²) in [5, 5.41) is 20.6. The molecule has 164 valence electrons. The monoisotopic (exact) mass is 406 g/mol. The maximum absolute atomic E-state index is 11.5. The van der Waals surface area contributed by atoms with Crippen LogP contribution in [0.15, 0.2) is 11.6 Å². The Labute approximate surface area is 174 Å². The van der Waals surface area contributed by atoms with Crippen LogP contribution < -0.4 is 0 Å². The largest absolute Gasteiger partial charge is 0.481 e. The minimum atomic E-state index is -0.822. The van der Waals surface area contributed by atoms with Gasteiger partial charge >= 0.3 is 5.97 Å². The first kappa shape index (κ1) is 21.3. The molecule has 2 N–H and O–H groups in total. The van der Waals surface area contributed by atoms with Crippen LogP contribution >= 0.6 is 0 Å². The van der Waals surface area contributed by atoms with Gasteiger partial charge in [-0.05, 0) is 86.4 Å². The van der Waals surface area contributed by atoms with Crippen LogP contribution in [-0.4, -0.2) is 41.8 Å². The maximum atomic E-state index is 11.5. The van der Waals surface area contributed by atoms with Crippen molar-refractivity contribution in [2.45, 2.75) is 89.8 Å². The van der Waals surface area contributed by atoms with E-state index in [-0.39, 0.29) is 23.4 Å². The van der Waals surface area contributed by atoms with Gasteiger partial charge < -0.3 is 19.7 Å². The Morgan fingerprint density at radius 1 is 1.17 bits per heavy atom. The van der Waals surface area contributed by atoms with Gasteiger partial charge in [-0.25, -0.2) is 0 Å². The number of methoxy groups -OCH3 is 1. The fourth-order valence-corrected chi connectivity index (χ4v) is 7.77. The van der Waals surface area contributed by atoms with Gasteiger partial charge in [0.05, 0.1) is 11.7 Å². The molecule has 0 aromatic carbocycles. The van der Waals surface area contributed by atoms with Crippen LogP contribution in [0.1, 0.15) is 78.1 Å². The van der Waals surface area contributed by atoms with E-state index in [9.17, 15) is 9.90 Å². The Morgan fingerprint density at radius 3 is 2.66 bits per heavy atom. The Kier molecular flexibility index (Phi) is 5.63. The summed E-state index contributed by atoms with van der Waals surface area (Å²) in [5.41, 5.74) is 0.856. The number of aliphatic hydroxyl groups is 1. The molecule has 0 aromatic heterocycles. The number of carboxylic acids is 1. The van der Waals surface area contributed by atoms with E-state index in [2.05, 4.69) is 19.9 Å². The topological polar surface area (TPSA) is 76.0 Å². The standard InChI is InChI=1S/C24H38O5/c1-22-10-6-17(29-15-28-3)14-16(22)4-5-18-19(22)7-11-23(2)20(18)8-12-24(23,27)13-9-21(25)26/h4,17-20,27H,5-15H2,1-3H3,(H,25,26)/t17?,18-,19+,20+,22+,23+,24+/m1/s1. The van der Waals surface area contributed by atoms with Crippen molar-refractivity contribution in [2.24, 2.45) is 28.6 Å². The van der Waals surface area contributed by atoms with Crippen molar-refractivity contribution in [1.29, 1.82) is 0 Å². The average molecular weight is 407 g/mol. The summed E-state index contributed by atoms with van der Waals surface area (Å²) < 4.78 is 11.0. The molecule has 0 aromatic rings. The number of aliphatic carboxylic acids is 1. The molecule has 0 heterocycles. The van der Waals surface area contributed by atoms with Gasteiger partial charge in [-0.3, -0.25) is 4.79 Å². The lowest BCUT2D eigenvalue weighted by molar-refractivity contribution is -0.147. The van der Waals surface area contributed by atoms with Crippen LogP contribution in [0.4, 0.5) is 0 Å². The maximum Gasteiger partial charge on any atom is 0.303 e. The molecule has 4 aliphatic carbocycles. The molecule has 5 heteroatoms. The fourth-order valence-electron chi connectivity index (χ4n) is 7.77. The van der Waals surface area contributed by atoms with Gasteiger partial charge in [0.1, 0.15) is 6.79 Å².